The molecule has 1 rings (SSSR count). The number of aliphatic hydroxyl groups excluding tert-OH is 1. The second-order valence-electron chi connectivity index (χ2n) is 3.69. The number of benzene rings is 1. The van der Waals surface area contributed by atoms with Crippen LogP contribution in [-0.2, 0) is 0 Å². The molecule has 0 aromatic heterocycles. The minimum Gasteiger partial charge on any atom is -0.396 e. The van der Waals surface area contributed by atoms with E-state index in [2.05, 4.69) is 12.2 Å². The highest BCUT2D eigenvalue weighted by Gasteiger charge is 2.11. The van der Waals surface area contributed by atoms with Crippen LogP contribution in [0.25, 0.3) is 0 Å². The van der Waals surface area contributed by atoms with Crippen molar-refractivity contribution in [2.75, 3.05) is 19.7 Å². The Labute approximate surface area is 107 Å². The number of aliphatic hydroxyl groups is 1. The third-order valence-electron chi connectivity index (χ3n) is 2.53. The fourth-order valence-corrected chi connectivity index (χ4v) is 1.93. The van der Waals surface area contributed by atoms with E-state index >= 15 is 0 Å². The van der Waals surface area contributed by atoms with Gasteiger partial charge in [0.2, 0.25) is 0 Å². The smallest absolute Gasteiger partial charge is 0.0595 e. The quantitative estimate of drug-likeness (QED) is 0.825. The number of hydrogen-bond donors (Lipinski definition) is 2. The second kappa shape index (κ2) is 7.13. The van der Waals surface area contributed by atoms with Gasteiger partial charge in [-0.2, -0.15) is 0 Å². The molecule has 1 atom stereocenters. The van der Waals surface area contributed by atoms with Gasteiger partial charge in [-0.1, -0.05) is 36.2 Å². The molecule has 1 aromatic carbocycles. The summed E-state index contributed by atoms with van der Waals surface area (Å²) in [7, 11) is 0. The molecule has 0 aliphatic rings. The lowest BCUT2D eigenvalue weighted by Crippen LogP contribution is -2.22. The molecule has 0 bridgehead atoms. The van der Waals surface area contributed by atoms with Gasteiger partial charge in [-0.25, -0.2) is 0 Å². The lowest BCUT2D eigenvalue weighted by Gasteiger charge is -2.17. The first-order valence-electron chi connectivity index (χ1n) is 5.45. The van der Waals surface area contributed by atoms with Crippen molar-refractivity contribution in [1.82, 2.24) is 5.32 Å². The number of likely N-dealkylation sites (N-methyl/N-ethyl adjacent to an activating group) is 1. The molecular formula is C12H17Cl2NO. The average Bonchev–Trinajstić information content (AvgIpc) is 2.28. The van der Waals surface area contributed by atoms with Crippen LogP contribution in [0.2, 0.25) is 10.0 Å². The highest BCUT2D eigenvalue weighted by atomic mass is 35.5. The molecular weight excluding hydrogens is 245 g/mol. The Balaban J connectivity index is 2.78. The topological polar surface area (TPSA) is 32.3 Å². The van der Waals surface area contributed by atoms with Crippen molar-refractivity contribution in [3.63, 3.8) is 0 Å². The van der Waals surface area contributed by atoms with Crippen LogP contribution in [0.3, 0.4) is 0 Å². The molecule has 0 heterocycles. The Hall–Kier alpha value is -0.280. The van der Waals surface area contributed by atoms with Crippen molar-refractivity contribution >= 4 is 23.2 Å². The molecule has 0 fully saturated rings. The number of hydrogen-bond acceptors (Lipinski definition) is 2. The minimum absolute atomic E-state index is 0.177. The van der Waals surface area contributed by atoms with E-state index in [4.69, 9.17) is 28.3 Å². The van der Waals surface area contributed by atoms with Crippen LogP contribution in [0, 0.1) is 0 Å². The Bertz CT molecular complexity index is 331. The molecule has 2 nitrogen and oxygen atoms in total. The summed E-state index contributed by atoms with van der Waals surface area (Å²) in [5.74, 6) is 0.278. The van der Waals surface area contributed by atoms with Gasteiger partial charge in [0.25, 0.3) is 0 Å². The summed E-state index contributed by atoms with van der Waals surface area (Å²) in [6.07, 6.45) is 0.727. The maximum Gasteiger partial charge on any atom is 0.0595 e. The van der Waals surface area contributed by atoms with E-state index in [1.807, 2.05) is 12.1 Å². The molecule has 0 spiro atoms. The Morgan fingerprint density at radius 2 is 2.06 bits per heavy atom. The fourth-order valence-electron chi connectivity index (χ4n) is 1.63. The van der Waals surface area contributed by atoms with Gasteiger partial charge in [-0.05, 0) is 36.6 Å². The van der Waals surface area contributed by atoms with Crippen LogP contribution < -0.4 is 5.32 Å². The summed E-state index contributed by atoms with van der Waals surface area (Å²) in [4.78, 5) is 0. The SMILES string of the molecule is CCNCC(CCO)c1ccc(Cl)c(Cl)c1. The van der Waals surface area contributed by atoms with Crippen LogP contribution >= 0.6 is 23.2 Å². The lowest BCUT2D eigenvalue weighted by atomic mass is 9.96. The first-order valence-corrected chi connectivity index (χ1v) is 6.21. The molecule has 0 aliphatic heterocycles. The standard InChI is InChI=1S/C12H17Cl2NO/c1-2-15-8-10(5-6-16)9-3-4-11(13)12(14)7-9/h3-4,7,10,15-16H,2,5-6,8H2,1H3. The fraction of sp³-hybridized carbons (Fsp3) is 0.500. The Morgan fingerprint density at radius 1 is 1.31 bits per heavy atom. The maximum atomic E-state index is 9.03. The summed E-state index contributed by atoms with van der Waals surface area (Å²) in [6.45, 7) is 4.00. The van der Waals surface area contributed by atoms with Crippen molar-refractivity contribution in [3.05, 3.63) is 33.8 Å². The van der Waals surface area contributed by atoms with Crippen molar-refractivity contribution in [3.8, 4) is 0 Å². The number of rotatable bonds is 6. The van der Waals surface area contributed by atoms with Gasteiger partial charge in [0.15, 0.2) is 0 Å². The largest absolute Gasteiger partial charge is 0.396 e. The highest BCUT2D eigenvalue weighted by molar-refractivity contribution is 6.42. The zero-order chi connectivity index (χ0) is 12.0. The van der Waals surface area contributed by atoms with E-state index in [1.165, 1.54) is 0 Å². The van der Waals surface area contributed by atoms with E-state index in [-0.39, 0.29) is 12.5 Å². The molecule has 0 aliphatic carbocycles. The number of nitrogens with one attached hydrogen (secondary N) is 1. The van der Waals surface area contributed by atoms with Crippen molar-refractivity contribution < 1.29 is 5.11 Å². The predicted molar refractivity (Wildman–Crippen MR) is 69.4 cm³/mol. The summed E-state index contributed by atoms with van der Waals surface area (Å²) in [6, 6.07) is 5.64. The maximum absolute atomic E-state index is 9.03. The lowest BCUT2D eigenvalue weighted by molar-refractivity contribution is 0.274. The second-order valence-corrected chi connectivity index (χ2v) is 4.50. The van der Waals surface area contributed by atoms with Gasteiger partial charge >= 0.3 is 0 Å². The van der Waals surface area contributed by atoms with E-state index in [0.29, 0.717) is 10.0 Å². The summed E-state index contributed by atoms with van der Waals surface area (Å²) < 4.78 is 0. The van der Waals surface area contributed by atoms with Gasteiger partial charge in [-0.15, -0.1) is 0 Å². The summed E-state index contributed by atoms with van der Waals surface area (Å²) >= 11 is 11.8. The molecule has 2 N–H and O–H groups in total. The van der Waals surface area contributed by atoms with Crippen molar-refractivity contribution in [2.45, 2.75) is 19.3 Å². The van der Waals surface area contributed by atoms with Gasteiger partial charge < -0.3 is 10.4 Å². The molecule has 0 amide bonds. The van der Waals surface area contributed by atoms with Crippen LogP contribution in [0.5, 0.6) is 0 Å². The zero-order valence-electron chi connectivity index (χ0n) is 9.34. The van der Waals surface area contributed by atoms with Gasteiger partial charge in [0.05, 0.1) is 10.0 Å². The highest BCUT2D eigenvalue weighted by Crippen LogP contribution is 2.27. The Morgan fingerprint density at radius 3 is 2.62 bits per heavy atom. The first-order chi connectivity index (χ1) is 7.69. The van der Waals surface area contributed by atoms with Crippen molar-refractivity contribution in [2.24, 2.45) is 0 Å². The molecule has 0 saturated carbocycles. The normalized spacial score (nSPS) is 12.8. The zero-order valence-corrected chi connectivity index (χ0v) is 10.9. The van der Waals surface area contributed by atoms with Gasteiger partial charge in [0.1, 0.15) is 0 Å². The van der Waals surface area contributed by atoms with Crippen molar-refractivity contribution in [1.29, 1.82) is 0 Å². The van der Waals surface area contributed by atoms with E-state index in [1.54, 1.807) is 6.07 Å². The van der Waals surface area contributed by atoms with E-state index < -0.39 is 0 Å². The molecule has 0 radical (unpaired) electrons. The van der Waals surface area contributed by atoms with E-state index in [9.17, 15) is 0 Å². The van der Waals surface area contributed by atoms with Crippen LogP contribution in [0.1, 0.15) is 24.8 Å². The molecule has 90 valence electrons. The molecule has 16 heavy (non-hydrogen) atoms. The third kappa shape index (κ3) is 3.95. The first kappa shape index (κ1) is 13.8. The van der Waals surface area contributed by atoms with Crippen LogP contribution in [0.4, 0.5) is 0 Å². The predicted octanol–water partition coefficient (Wildman–Crippen LogP) is 3.07. The van der Waals surface area contributed by atoms with Gasteiger partial charge in [0, 0.05) is 13.2 Å². The van der Waals surface area contributed by atoms with Crippen LogP contribution in [-0.4, -0.2) is 24.8 Å². The summed E-state index contributed by atoms with van der Waals surface area (Å²) in [5, 5.41) is 13.4. The molecule has 0 saturated heterocycles. The molecule has 4 heteroatoms. The Kier molecular flexibility index (Phi) is 6.14. The van der Waals surface area contributed by atoms with Gasteiger partial charge in [-0.3, -0.25) is 0 Å². The molecule has 1 unspecified atom stereocenters. The summed E-state index contributed by atoms with van der Waals surface area (Å²) in [5.41, 5.74) is 1.12. The average molecular weight is 262 g/mol. The number of halogens is 2. The van der Waals surface area contributed by atoms with Crippen LogP contribution in [0.15, 0.2) is 18.2 Å². The minimum atomic E-state index is 0.177. The van der Waals surface area contributed by atoms with E-state index in [0.717, 1.165) is 25.1 Å². The third-order valence-corrected chi connectivity index (χ3v) is 3.27. The monoisotopic (exact) mass is 261 g/mol. The molecule has 1 aromatic rings.